The third kappa shape index (κ3) is 5.26. The summed E-state index contributed by atoms with van der Waals surface area (Å²) >= 11 is 5.52. The van der Waals surface area contributed by atoms with Crippen LogP contribution in [0, 0.1) is 0 Å². The fourth-order valence-corrected chi connectivity index (χ4v) is 3.35. The molecule has 25 heavy (non-hydrogen) atoms. The third-order valence-electron chi connectivity index (χ3n) is 4.59. The van der Waals surface area contributed by atoms with Crippen molar-refractivity contribution in [2.75, 3.05) is 38.0 Å². The first-order chi connectivity index (χ1) is 12.2. The molecule has 1 aliphatic rings. The minimum atomic E-state index is -0.389. The predicted octanol–water partition coefficient (Wildman–Crippen LogP) is 3.12. The van der Waals surface area contributed by atoms with E-state index in [2.05, 4.69) is 15.1 Å². The van der Waals surface area contributed by atoms with E-state index in [1.165, 1.54) is 0 Å². The van der Waals surface area contributed by atoms with Crippen molar-refractivity contribution in [3.63, 3.8) is 0 Å². The molecule has 4 nitrogen and oxygen atoms in total. The monoisotopic (exact) mass is 355 g/mol. The van der Waals surface area contributed by atoms with E-state index >= 15 is 0 Å². The first-order valence-electron chi connectivity index (χ1n) is 8.79. The number of rotatable bonds is 5. The van der Waals surface area contributed by atoms with Gasteiger partial charge in [0.1, 0.15) is 0 Å². The van der Waals surface area contributed by atoms with Gasteiger partial charge in [-0.25, -0.2) is 0 Å². The van der Waals surface area contributed by atoms with E-state index in [1.807, 2.05) is 60.7 Å². The Morgan fingerprint density at radius 2 is 1.56 bits per heavy atom. The first kappa shape index (κ1) is 17.9. The fourth-order valence-electron chi connectivity index (χ4n) is 3.05. The van der Waals surface area contributed by atoms with Gasteiger partial charge in [0.2, 0.25) is 0 Å². The van der Waals surface area contributed by atoms with Crippen LogP contribution in [0.1, 0.15) is 18.1 Å². The van der Waals surface area contributed by atoms with Gasteiger partial charge in [0, 0.05) is 38.4 Å². The van der Waals surface area contributed by atoms with Crippen molar-refractivity contribution in [1.82, 2.24) is 9.80 Å². The van der Waals surface area contributed by atoms with Crippen molar-refractivity contribution in [3.05, 3.63) is 66.2 Å². The first-order valence-corrected chi connectivity index (χ1v) is 9.19. The summed E-state index contributed by atoms with van der Waals surface area (Å²) in [6, 6.07) is 19.9. The maximum atomic E-state index is 10.3. The smallest absolute Gasteiger partial charge is 0.173 e. The number of hydrogen-bond acceptors (Lipinski definition) is 3. The maximum Gasteiger partial charge on any atom is 0.173 e. The molecule has 2 aromatic rings. The second-order valence-corrected chi connectivity index (χ2v) is 6.73. The van der Waals surface area contributed by atoms with Crippen LogP contribution in [0.5, 0.6) is 0 Å². The van der Waals surface area contributed by atoms with E-state index in [0.29, 0.717) is 0 Å². The second-order valence-electron chi connectivity index (χ2n) is 6.34. The number of nitrogens with zero attached hydrogens (tertiary/aromatic N) is 2. The second kappa shape index (κ2) is 8.94. The molecule has 1 heterocycles. The van der Waals surface area contributed by atoms with Crippen LogP contribution >= 0.6 is 12.2 Å². The number of thiocarbonyl (C=S) groups is 1. The number of benzene rings is 2. The van der Waals surface area contributed by atoms with Gasteiger partial charge in [-0.2, -0.15) is 0 Å². The zero-order chi connectivity index (χ0) is 17.5. The molecule has 1 aliphatic heterocycles. The molecule has 0 spiro atoms. The summed E-state index contributed by atoms with van der Waals surface area (Å²) in [5.74, 6) is 0. The van der Waals surface area contributed by atoms with Gasteiger partial charge in [-0.15, -0.1) is 0 Å². The molecule has 0 aliphatic carbocycles. The van der Waals surface area contributed by atoms with E-state index in [9.17, 15) is 5.11 Å². The van der Waals surface area contributed by atoms with Gasteiger partial charge in [-0.3, -0.25) is 4.90 Å². The highest BCUT2D eigenvalue weighted by Crippen LogP contribution is 2.17. The molecule has 1 unspecified atom stereocenters. The van der Waals surface area contributed by atoms with Crippen LogP contribution in [0.4, 0.5) is 5.69 Å². The summed E-state index contributed by atoms with van der Waals surface area (Å²) in [4.78, 5) is 4.61. The zero-order valence-corrected chi connectivity index (χ0v) is 15.2. The van der Waals surface area contributed by atoms with Gasteiger partial charge in [-0.05, 0) is 36.3 Å². The van der Waals surface area contributed by atoms with Crippen LogP contribution in [0.15, 0.2) is 60.7 Å². The lowest BCUT2D eigenvalue weighted by molar-refractivity contribution is 0.123. The number of anilines is 1. The Morgan fingerprint density at radius 1 is 0.960 bits per heavy atom. The van der Waals surface area contributed by atoms with Gasteiger partial charge in [-0.1, -0.05) is 48.5 Å². The van der Waals surface area contributed by atoms with Crippen LogP contribution in [0.2, 0.25) is 0 Å². The van der Waals surface area contributed by atoms with Crippen LogP contribution in [0.25, 0.3) is 0 Å². The Labute approximate surface area is 155 Å². The molecule has 5 heteroatoms. The summed E-state index contributed by atoms with van der Waals surface area (Å²) in [5.41, 5.74) is 2.02. The van der Waals surface area contributed by atoms with Crippen LogP contribution in [-0.2, 0) is 0 Å². The number of para-hydroxylation sites is 1. The van der Waals surface area contributed by atoms with Crippen molar-refractivity contribution in [1.29, 1.82) is 0 Å². The fraction of sp³-hybridized carbons (Fsp3) is 0.350. The van der Waals surface area contributed by atoms with Crippen molar-refractivity contribution in [3.8, 4) is 0 Å². The molecule has 2 N–H and O–H groups in total. The topological polar surface area (TPSA) is 38.7 Å². The number of nitrogens with one attached hydrogen (secondary N) is 1. The zero-order valence-electron chi connectivity index (χ0n) is 14.3. The minimum absolute atomic E-state index is 0.389. The summed E-state index contributed by atoms with van der Waals surface area (Å²) in [5, 5.41) is 14.4. The number of aliphatic hydroxyl groups is 1. The Morgan fingerprint density at radius 3 is 2.20 bits per heavy atom. The van der Waals surface area contributed by atoms with E-state index < -0.39 is 0 Å². The van der Waals surface area contributed by atoms with Crippen molar-refractivity contribution in [2.45, 2.75) is 12.5 Å². The average molecular weight is 356 g/mol. The molecule has 0 radical (unpaired) electrons. The van der Waals surface area contributed by atoms with Crippen molar-refractivity contribution in [2.24, 2.45) is 0 Å². The molecule has 0 saturated carbocycles. The van der Waals surface area contributed by atoms with Crippen LogP contribution < -0.4 is 5.32 Å². The molecule has 2 aromatic carbocycles. The Kier molecular flexibility index (Phi) is 6.39. The summed E-state index contributed by atoms with van der Waals surface area (Å²) in [6.45, 7) is 4.68. The van der Waals surface area contributed by atoms with Gasteiger partial charge in [0.05, 0.1) is 6.10 Å². The molecule has 0 amide bonds. The molecule has 1 saturated heterocycles. The summed E-state index contributed by atoms with van der Waals surface area (Å²) < 4.78 is 0. The number of aliphatic hydroxyl groups excluding tert-OH is 1. The molecule has 1 fully saturated rings. The quantitative estimate of drug-likeness (QED) is 0.806. The maximum absolute atomic E-state index is 10.3. The highest BCUT2D eigenvalue weighted by Gasteiger charge is 2.19. The van der Waals surface area contributed by atoms with E-state index in [0.717, 1.165) is 55.5 Å². The Balaban J connectivity index is 1.40. The van der Waals surface area contributed by atoms with Gasteiger partial charge >= 0.3 is 0 Å². The molecule has 3 rings (SSSR count). The lowest BCUT2D eigenvalue weighted by Crippen LogP contribution is -2.50. The van der Waals surface area contributed by atoms with E-state index in [-0.39, 0.29) is 6.10 Å². The molecule has 1 atom stereocenters. The predicted molar refractivity (Wildman–Crippen MR) is 107 cm³/mol. The normalized spacial score (nSPS) is 16.4. The molecule has 0 bridgehead atoms. The molecule has 0 aromatic heterocycles. The lowest BCUT2D eigenvalue weighted by Gasteiger charge is -2.36. The van der Waals surface area contributed by atoms with Gasteiger partial charge < -0.3 is 15.3 Å². The number of piperazine rings is 1. The highest BCUT2D eigenvalue weighted by molar-refractivity contribution is 7.80. The van der Waals surface area contributed by atoms with E-state index in [1.54, 1.807) is 0 Å². The Bertz CT molecular complexity index is 657. The van der Waals surface area contributed by atoms with Crippen molar-refractivity contribution < 1.29 is 5.11 Å². The number of hydrogen-bond donors (Lipinski definition) is 2. The summed E-state index contributed by atoms with van der Waals surface area (Å²) in [6.07, 6.45) is 0.372. The minimum Gasteiger partial charge on any atom is -0.388 e. The standard InChI is InChI=1S/C20H25N3OS/c24-19(17-7-3-1-4-8-17)11-12-22-13-15-23(16-14-22)20(25)21-18-9-5-2-6-10-18/h1-10,19,24H,11-16H2,(H,21,25). The molecular formula is C20H25N3OS. The average Bonchev–Trinajstić information content (AvgIpc) is 2.68. The lowest BCUT2D eigenvalue weighted by atomic mass is 10.1. The SMILES string of the molecule is OC(CCN1CCN(C(=S)Nc2ccccc2)CC1)c1ccccc1. The third-order valence-corrected chi connectivity index (χ3v) is 4.95. The van der Waals surface area contributed by atoms with Crippen LogP contribution in [0.3, 0.4) is 0 Å². The van der Waals surface area contributed by atoms with Crippen molar-refractivity contribution >= 4 is 23.0 Å². The molecular weight excluding hydrogens is 330 g/mol. The Hall–Kier alpha value is -1.95. The molecule has 132 valence electrons. The van der Waals surface area contributed by atoms with Crippen LogP contribution in [-0.4, -0.2) is 52.7 Å². The van der Waals surface area contributed by atoms with Gasteiger partial charge in [0.15, 0.2) is 5.11 Å². The summed E-state index contributed by atoms with van der Waals surface area (Å²) in [7, 11) is 0. The van der Waals surface area contributed by atoms with E-state index in [4.69, 9.17) is 12.2 Å². The van der Waals surface area contributed by atoms with Gasteiger partial charge in [0.25, 0.3) is 0 Å². The highest BCUT2D eigenvalue weighted by atomic mass is 32.1. The largest absolute Gasteiger partial charge is 0.388 e.